The molecule has 2 aliphatic rings. The van der Waals surface area contributed by atoms with E-state index in [1.54, 1.807) is 12.4 Å². The Labute approximate surface area is 182 Å². The van der Waals surface area contributed by atoms with Crippen molar-refractivity contribution in [2.24, 2.45) is 10.7 Å². The fourth-order valence-electron chi connectivity index (χ4n) is 2.62. The Bertz CT molecular complexity index is 742. The molecule has 0 aromatic heterocycles. The van der Waals surface area contributed by atoms with E-state index >= 15 is 0 Å². The molecule has 10 N–H and O–H groups in total. The topological polar surface area (TPSA) is 262 Å². The highest BCUT2D eigenvalue weighted by Gasteiger charge is 2.43. The summed E-state index contributed by atoms with van der Waals surface area (Å²) in [5.41, 5.74) is 6.11. The Kier molecular flexibility index (Phi) is 11.5. The van der Waals surface area contributed by atoms with E-state index in [2.05, 4.69) is 19.6 Å². The van der Waals surface area contributed by atoms with E-state index in [0.29, 0.717) is 6.42 Å². The van der Waals surface area contributed by atoms with Gasteiger partial charge in [0, 0.05) is 38.2 Å². The van der Waals surface area contributed by atoms with E-state index in [1.807, 2.05) is 0 Å². The minimum atomic E-state index is -4.73. The number of carboxylic acid groups (broad SMARTS) is 1. The molecule has 2 aliphatic heterocycles. The highest BCUT2D eigenvalue weighted by molar-refractivity contribution is 7.46. The van der Waals surface area contributed by atoms with Crippen LogP contribution in [0.25, 0.3) is 0 Å². The summed E-state index contributed by atoms with van der Waals surface area (Å²) >= 11 is 0. The van der Waals surface area contributed by atoms with Crippen molar-refractivity contribution in [3.05, 3.63) is 11.8 Å². The van der Waals surface area contributed by atoms with Crippen LogP contribution < -0.4 is 11.1 Å². The third kappa shape index (κ3) is 9.79. The number of carbonyl (C=O) groups is 2. The molecule has 0 bridgehead atoms. The average molecular weight is 485 g/mol. The second-order valence-electron chi connectivity index (χ2n) is 6.85. The third-order valence-corrected chi connectivity index (χ3v) is 4.77. The quantitative estimate of drug-likeness (QED) is 0.144. The summed E-state index contributed by atoms with van der Waals surface area (Å²) in [6.45, 7) is -0.518. The predicted molar refractivity (Wildman–Crippen MR) is 106 cm³/mol. The maximum Gasteiger partial charge on any atom is 0.469 e. The Balaban J connectivity index is 0.000000320. The standard InChI is InChI=1S/C10H15N3O3.C6H13O9P/c11-3-1-9(14)13-8(10(15)16)5-7-2-4-12-6-7;7-3-2(1-14-16(11,12)13)15-6(10)5(9)4(3)8/h4,6,8H,1-3,5,11H2,(H,13,14)(H,15,16);2-10H,1H2,(H2,11,12,13)/t8-;2-,3-,4+,5-,6+/m01/s1. The normalized spacial score (nSPS) is 28.3. The number of hydrogen-bond donors (Lipinski definition) is 9. The number of rotatable bonds is 9. The molecule has 2 rings (SSSR count). The number of nitrogens with zero attached hydrogens (tertiary/aromatic N) is 1. The molecule has 1 saturated heterocycles. The number of aliphatic hydroxyl groups excluding tert-OH is 4. The zero-order chi connectivity index (χ0) is 24.5. The molecule has 6 atom stereocenters. The van der Waals surface area contributed by atoms with Crippen LogP contribution >= 0.6 is 7.82 Å². The van der Waals surface area contributed by atoms with Gasteiger partial charge in [0.25, 0.3) is 0 Å². The van der Waals surface area contributed by atoms with Gasteiger partial charge in [-0.05, 0) is 5.57 Å². The fraction of sp³-hybridized carbons (Fsp3) is 0.688. The van der Waals surface area contributed by atoms with Gasteiger partial charge >= 0.3 is 13.8 Å². The molecular weight excluding hydrogens is 457 g/mol. The van der Waals surface area contributed by atoms with Crippen LogP contribution in [0.15, 0.2) is 16.8 Å². The van der Waals surface area contributed by atoms with Gasteiger partial charge in [0.15, 0.2) is 6.29 Å². The van der Waals surface area contributed by atoms with Crippen molar-refractivity contribution < 1.29 is 58.7 Å². The number of hydrogen-bond acceptors (Lipinski definition) is 11. The smallest absolute Gasteiger partial charge is 0.469 e. The number of ether oxygens (including phenoxy) is 1. The van der Waals surface area contributed by atoms with Gasteiger partial charge in [-0.1, -0.05) is 0 Å². The maximum absolute atomic E-state index is 11.2. The predicted octanol–water partition coefficient (Wildman–Crippen LogP) is -3.45. The Morgan fingerprint density at radius 2 is 1.91 bits per heavy atom. The molecular formula is C16H28N3O12P. The van der Waals surface area contributed by atoms with Gasteiger partial charge in [0.2, 0.25) is 5.91 Å². The van der Waals surface area contributed by atoms with Gasteiger partial charge in [-0.15, -0.1) is 0 Å². The summed E-state index contributed by atoms with van der Waals surface area (Å²) in [6, 6.07) is -0.896. The lowest BCUT2D eigenvalue weighted by molar-refractivity contribution is -0.285. The molecule has 0 aromatic rings. The zero-order valence-corrected chi connectivity index (χ0v) is 17.7. The second-order valence-corrected chi connectivity index (χ2v) is 8.09. The summed E-state index contributed by atoms with van der Waals surface area (Å²) in [5, 5.41) is 48.1. The Morgan fingerprint density at radius 3 is 2.41 bits per heavy atom. The number of nitrogens with two attached hydrogens (primary N) is 1. The van der Waals surface area contributed by atoms with Crippen molar-refractivity contribution in [3.63, 3.8) is 0 Å². The number of nitrogens with one attached hydrogen (secondary N) is 1. The van der Waals surface area contributed by atoms with Crippen LogP contribution in [0.5, 0.6) is 0 Å². The van der Waals surface area contributed by atoms with E-state index in [-0.39, 0.29) is 25.3 Å². The number of carbonyl (C=O) groups excluding carboxylic acids is 1. The van der Waals surface area contributed by atoms with Gasteiger partial charge in [-0.25, -0.2) is 9.36 Å². The number of phosphoric acid groups is 1. The molecule has 0 aliphatic carbocycles. The molecule has 32 heavy (non-hydrogen) atoms. The van der Waals surface area contributed by atoms with Crippen LogP contribution in [-0.4, -0.2) is 103 Å². The molecule has 0 radical (unpaired) electrons. The van der Waals surface area contributed by atoms with Gasteiger partial charge in [0.05, 0.1) is 6.61 Å². The number of aliphatic carboxylic acids is 1. The summed E-state index contributed by atoms with van der Waals surface area (Å²) < 4.78 is 19.0. The lowest BCUT2D eigenvalue weighted by Crippen LogP contribution is -2.58. The van der Waals surface area contributed by atoms with Crippen molar-refractivity contribution in [1.82, 2.24) is 5.32 Å². The molecule has 0 saturated carbocycles. The first-order valence-corrected chi connectivity index (χ1v) is 10.9. The number of aliphatic hydroxyl groups is 4. The maximum atomic E-state index is 11.2. The molecule has 184 valence electrons. The van der Waals surface area contributed by atoms with Gasteiger partial charge < -0.3 is 51.1 Å². The van der Waals surface area contributed by atoms with Crippen molar-refractivity contribution in [1.29, 1.82) is 0 Å². The van der Waals surface area contributed by atoms with Gasteiger partial charge in [-0.3, -0.25) is 14.3 Å². The van der Waals surface area contributed by atoms with Crippen LogP contribution in [-0.2, 0) is 23.4 Å². The monoisotopic (exact) mass is 485 g/mol. The Hall–Kier alpha value is -1.78. The van der Waals surface area contributed by atoms with Gasteiger partial charge in [0.1, 0.15) is 30.5 Å². The van der Waals surface area contributed by atoms with E-state index in [0.717, 1.165) is 5.57 Å². The first-order chi connectivity index (χ1) is 14.9. The zero-order valence-electron chi connectivity index (χ0n) is 16.8. The average Bonchev–Trinajstić information content (AvgIpc) is 3.21. The van der Waals surface area contributed by atoms with Crippen molar-refractivity contribution in [3.8, 4) is 0 Å². The molecule has 1 amide bonds. The van der Waals surface area contributed by atoms with Crippen LogP contribution in [0.2, 0.25) is 0 Å². The summed E-state index contributed by atoms with van der Waals surface area (Å²) in [5.74, 6) is -1.38. The first kappa shape index (κ1) is 28.3. The number of amides is 1. The van der Waals surface area contributed by atoms with Crippen LogP contribution in [0.4, 0.5) is 0 Å². The highest BCUT2D eigenvalue weighted by Crippen LogP contribution is 2.36. The van der Waals surface area contributed by atoms with E-state index in [9.17, 15) is 24.4 Å². The van der Waals surface area contributed by atoms with Crippen molar-refractivity contribution >= 4 is 25.9 Å². The highest BCUT2D eigenvalue weighted by atomic mass is 31.2. The number of carboxylic acids is 1. The van der Waals surface area contributed by atoms with Crippen molar-refractivity contribution in [2.45, 2.75) is 56.0 Å². The molecule has 2 heterocycles. The fourth-order valence-corrected chi connectivity index (χ4v) is 2.96. The first-order valence-electron chi connectivity index (χ1n) is 9.35. The van der Waals surface area contributed by atoms with E-state index in [1.165, 1.54) is 0 Å². The third-order valence-electron chi connectivity index (χ3n) is 4.28. The molecule has 0 spiro atoms. The molecule has 15 nitrogen and oxygen atoms in total. The van der Waals surface area contributed by atoms with Crippen LogP contribution in [0.1, 0.15) is 19.3 Å². The second kappa shape index (κ2) is 13.1. The van der Waals surface area contributed by atoms with Crippen molar-refractivity contribution in [2.75, 3.05) is 13.2 Å². The van der Waals surface area contributed by atoms with E-state index in [4.69, 9.17) is 30.8 Å². The van der Waals surface area contributed by atoms with Crippen LogP contribution in [0, 0.1) is 0 Å². The number of phosphoric ester groups is 1. The largest absolute Gasteiger partial charge is 0.480 e. The molecule has 0 aromatic carbocycles. The molecule has 16 heteroatoms. The Morgan fingerprint density at radius 1 is 1.25 bits per heavy atom. The summed E-state index contributed by atoms with van der Waals surface area (Å²) in [4.78, 5) is 42.8. The lowest BCUT2D eigenvalue weighted by Gasteiger charge is -2.38. The number of aliphatic imine (C=N–C) groups is 1. The van der Waals surface area contributed by atoms with Gasteiger partial charge in [-0.2, -0.15) is 0 Å². The minimum Gasteiger partial charge on any atom is -0.480 e. The molecule has 0 unspecified atom stereocenters. The minimum absolute atomic E-state index is 0.138. The summed E-state index contributed by atoms with van der Waals surface area (Å²) in [6.07, 6.45) is -3.70. The summed E-state index contributed by atoms with van der Waals surface area (Å²) in [7, 11) is -4.73. The lowest BCUT2D eigenvalue weighted by atomic mass is 10.00. The molecule has 1 fully saturated rings. The van der Waals surface area contributed by atoms with Crippen LogP contribution in [0.3, 0.4) is 0 Å². The SMILES string of the molecule is NCCC(=O)N[C@@H](CC1=CN=CC1)C(=O)O.O=P(O)(O)OC[C@H]1O[C@H](O)[C@H](O)[C@@H](O)[C@@H]1O. The van der Waals surface area contributed by atoms with E-state index < -0.39 is 57.1 Å².